The maximum atomic E-state index is 5.35. The van der Waals surface area contributed by atoms with Gasteiger partial charge in [-0.05, 0) is 29.8 Å². The third-order valence-electron chi connectivity index (χ3n) is 3.23. The zero-order chi connectivity index (χ0) is 15.2. The Labute approximate surface area is 148 Å². The predicted molar refractivity (Wildman–Crippen MR) is 82.6 cm³/mol. The van der Waals surface area contributed by atoms with E-state index in [0.29, 0.717) is 17.2 Å². The second-order valence-corrected chi connectivity index (χ2v) is 4.53. The fourth-order valence-electron chi connectivity index (χ4n) is 2.09. The standard InChI is InChI=1S/C17H20NO3.HI/c1-18-10-6-5-7-14(18)9-8-13-11-15(19-2)17(21-4)16(12-13)20-3;/h5-12H,1-4H3;1H/q+1;/p-1/b9-8+;. The zero-order valence-corrected chi connectivity index (χ0v) is 15.3. The Balaban J connectivity index is 0.00000242. The lowest BCUT2D eigenvalue weighted by atomic mass is 10.1. The van der Waals surface area contributed by atoms with Gasteiger partial charge in [-0.3, -0.25) is 0 Å². The van der Waals surface area contributed by atoms with Crippen molar-refractivity contribution in [3.63, 3.8) is 0 Å². The van der Waals surface area contributed by atoms with E-state index < -0.39 is 0 Å². The number of nitrogens with zero attached hydrogens (tertiary/aromatic N) is 1. The largest absolute Gasteiger partial charge is 1.00 e. The lowest BCUT2D eigenvalue weighted by Gasteiger charge is -2.12. The fourth-order valence-corrected chi connectivity index (χ4v) is 2.09. The van der Waals surface area contributed by atoms with E-state index in [0.717, 1.165) is 11.3 Å². The summed E-state index contributed by atoms with van der Waals surface area (Å²) < 4.78 is 18.1. The van der Waals surface area contributed by atoms with Gasteiger partial charge in [0, 0.05) is 18.2 Å². The third kappa shape index (κ3) is 4.13. The van der Waals surface area contributed by atoms with Crippen molar-refractivity contribution in [2.45, 2.75) is 0 Å². The summed E-state index contributed by atoms with van der Waals surface area (Å²) in [4.78, 5) is 0. The second-order valence-electron chi connectivity index (χ2n) is 4.53. The molecule has 4 nitrogen and oxygen atoms in total. The molecule has 0 radical (unpaired) electrons. The molecule has 0 saturated carbocycles. The van der Waals surface area contributed by atoms with Crippen LogP contribution in [0, 0.1) is 0 Å². The normalized spacial score (nSPS) is 10.2. The Morgan fingerprint density at radius 1 is 0.909 bits per heavy atom. The summed E-state index contributed by atoms with van der Waals surface area (Å²) in [6.45, 7) is 0. The molecule has 0 amide bonds. The Hall–Kier alpha value is -1.76. The van der Waals surface area contributed by atoms with Crippen molar-refractivity contribution < 1.29 is 42.8 Å². The van der Waals surface area contributed by atoms with E-state index in [4.69, 9.17) is 14.2 Å². The molecule has 0 unspecified atom stereocenters. The van der Waals surface area contributed by atoms with Crippen LogP contribution in [0.1, 0.15) is 11.3 Å². The summed E-state index contributed by atoms with van der Waals surface area (Å²) in [6, 6.07) is 9.89. The first kappa shape index (κ1) is 18.3. The van der Waals surface area contributed by atoms with E-state index in [2.05, 4.69) is 10.6 Å². The van der Waals surface area contributed by atoms with Crippen LogP contribution in [-0.4, -0.2) is 21.3 Å². The molecule has 0 saturated heterocycles. The number of rotatable bonds is 5. The van der Waals surface area contributed by atoms with Crippen LogP contribution in [0.3, 0.4) is 0 Å². The minimum atomic E-state index is 0. The molecule has 0 spiro atoms. The molecular weight excluding hydrogens is 393 g/mol. The number of aromatic nitrogens is 1. The number of ether oxygens (including phenoxy) is 3. The van der Waals surface area contributed by atoms with Gasteiger partial charge in [-0.2, -0.15) is 0 Å². The topological polar surface area (TPSA) is 31.6 Å². The average Bonchev–Trinajstić information content (AvgIpc) is 2.52. The first-order chi connectivity index (χ1) is 10.2. The minimum absolute atomic E-state index is 0. The number of hydrogen-bond donors (Lipinski definition) is 0. The van der Waals surface area contributed by atoms with Crippen molar-refractivity contribution in [2.75, 3.05) is 21.3 Å². The van der Waals surface area contributed by atoms with E-state index >= 15 is 0 Å². The second kappa shape index (κ2) is 8.63. The Morgan fingerprint density at radius 2 is 1.55 bits per heavy atom. The van der Waals surface area contributed by atoms with Crippen molar-refractivity contribution in [3.8, 4) is 17.2 Å². The zero-order valence-electron chi connectivity index (χ0n) is 13.2. The van der Waals surface area contributed by atoms with Gasteiger partial charge in [-0.1, -0.05) is 0 Å². The summed E-state index contributed by atoms with van der Waals surface area (Å²) in [5.41, 5.74) is 2.08. The summed E-state index contributed by atoms with van der Waals surface area (Å²) in [5, 5.41) is 0. The Bertz CT molecular complexity index is 631. The van der Waals surface area contributed by atoms with Gasteiger partial charge in [0.05, 0.1) is 21.3 Å². The van der Waals surface area contributed by atoms with Crippen molar-refractivity contribution in [1.29, 1.82) is 0 Å². The first-order valence-electron chi connectivity index (χ1n) is 6.62. The molecule has 0 bridgehead atoms. The molecule has 5 heteroatoms. The smallest absolute Gasteiger partial charge is 0.204 e. The first-order valence-corrected chi connectivity index (χ1v) is 6.62. The number of halogens is 1. The number of pyridine rings is 1. The van der Waals surface area contributed by atoms with Crippen LogP contribution in [0.4, 0.5) is 0 Å². The van der Waals surface area contributed by atoms with Crippen LogP contribution < -0.4 is 42.8 Å². The van der Waals surface area contributed by atoms with Crippen LogP contribution in [-0.2, 0) is 7.05 Å². The Kier molecular flexibility index (Phi) is 7.17. The van der Waals surface area contributed by atoms with Crippen LogP contribution in [0.25, 0.3) is 12.2 Å². The molecule has 0 aliphatic carbocycles. The monoisotopic (exact) mass is 413 g/mol. The molecule has 0 aliphatic rings. The van der Waals surface area contributed by atoms with Crippen LogP contribution in [0.2, 0.25) is 0 Å². The van der Waals surface area contributed by atoms with E-state index in [9.17, 15) is 0 Å². The molecular formula is C17H20INO3. The van der Waals surface area contributed by atoms with Gasteiger partial charge < -0.3 is 38.2 Å². The maximum Gasteiger partial charge on any atom is 0.204 e. The maximum absolute atomic E-state index is 5.35. The van der Waals surface area contributed by atoms with Crippen molar-refractivity contribution in [2.24, 2.45) is 7.05 Å². The molecule has 0 atom stereocenters. The molecule has 22 heavy (non-hydrogen) atoms. The lowest BCUT2D eigenvalue weighted by molar-refractivity contribution is -0.673. The van der Waals surface area contributed by atoms with Crippen molar-refractivity contribution in [1.82, 2.24) is 0 Å². The highest BCUT2D eigenvalue weighted by Crippen LogP contribution is 2.38. The molecule has 2 aromatic rings. The van der Waals surface area contributed by atoms with Crippen molar-refractivity contribution in [3.05, 3.63) is 47.8 Å². The SMILES string of the molecule is COc1cc(/C=C/c2cccc[n+]2C)cc(OC)c1OC.[I-]. The van der Waals surface area contributed by atoms with Gasteiger partial charge in [-0.15, -0.1) is 0 Å². The molecule has 1 heterocycles. The van der Waals surface area contributed by atoms with Gasteiger partial charge in [-0.25, -0.2) is 4.57 Å². The molecule has 0 fully saturated rings. The quantitative estimate of drug-likeness (QED) is 0.499. The number of aryl methyl sites for hydroxylation is 1. The van der Waals surface area contributed by atoms with Crippen LogP contribution in [0.5, 0.6) is 17.2 Å². The molecule has 2 rings (SSSR count). The fraction of sp³-hybridized carbons (Fsp3) is 0.235. The number of benzene rings is 1. The van der Waals surface area contributed by atoms with Crippen LogP contribution >= 0.6 is 0 Å². The highest BCUT2D eigenvalue weighted by atomic mass is 127. The average molecular weight is 413 g/mol. The summed E-state index contributed by atoms with van der Waals surface area (Å²) in [6.07, 6.45) is 6.06. The van der Waals surface area contributed by atoms with Gasteiger partial charge in [0.15, 0.2) is 17.7 Å². The van der Waals surface area contributed by atoms with E-state index in [1.807, 2.05) is 49.7 Å². The highest BCUT2D eigenvalue weighted by molar-refractivity contribution is 5.70. The van der Waals surface area contributed by atoms with Crippen molar-refractivity contribution >= 4 is 12.2 Å². The van der Waals surface area contributed by atoms with E-state index in [-0.39, 0.29) is 24.0 Å². The lowest BCUT2D eigenvalue weighted by Crippen LogP contribution is -3.00. The van der Waals surface area contributed by atoms with Crippen LogP contribution in [0.15, 0.2) is 36.5 Å². The number of hydrogen-bond acceptors (Lipinski definition) is 3. The molecule has 1 aromatic carbocycles. The summed E-state index contributed by atoms with van der Waals surface area (Å²) in [7, 11) is 6.83. The molecule has 1 aromatic heterocycles. The molecule has 118 valence electrons. The molecule has 0 aliphatic heterocycles. The van der Waals surface area contributed by atoms with E-state index in [1.165, 1.54) is 0 Å². The van der Waals surface area contributed by atoms with Gasteiger partial charge in [0.1, 0.15) is 7.05 Å². The number of methoxy groups -OCH3 is 3. The predicted octanol–water partition coefficient (Wildman–Crippen LogP) is -0.289. The minimum Gasteiger partial charge on any atom is -1.00 e. The summed E-state index contributed by atoms with van der Waals surface area (Å²) >= 11 is 0. The molecule has 0 N–H and O–H groups in total. The van der Waals surface area contributed by atoms with Gasteiger partial charge in [0.2, 0.25) is 11.4 Å². The van der Waals surface area contributed by atoms with Gasteiger partial charge in [0.25, 0.3) is 0 Å². The third-order valence-corrected chi connectivity index (χ3v) is 3.23. The van der Waals surface area contributed by atoms with Gasteiger partial charge >= 0.3 is 0 Å². The van der Waals surface area contributed by atoms with E-state index in [1.54, 1.807) is 21.3 Å². The Morgan fingerprint density at radius 3 is 2.05 bits per heavy atom. The summed E-state index contributed by atoms with van der Waals surface area (Å²) in [5.74, 6) is 1.89. The highest BCUT2D eigenvalue weighted by Gasteiger charge is 2.12.